The number of amides is 1. The van der Waals surface area contributed by atoms with Crippen LogP contribution >= 0.6 is 15.9 Å². The third-order valence-corrected chi connectivity index (χ3v) is 3.86. The highest BCUT2D eigenvalue weighted by Gasteiger charge is 2.11. The summed E-state index contributed by atoms with van der Waals surface area (Å²) in [6, 6.07) is 5.31. The van der Waals surface area contributed by atoms with Crippen molar-refractivity contribution >= 4 is 27.5 Å². The molecule has 4 nitrogen and oxygen atoms in total. The number of hydrogen-bond acceptors (Lipinski definition) is 3. The van der Waals surface area contributed by atoms with Crippen LogP contribution in [0.5, 0.6) is 0 Å². The molecule has 0 unspecified atom stereocenters. The van der Waals surface area contributed by atoms with Gasteiger partial charge in [0, 0.05) is 18.8 Å². The molecule has 0 spiro atoms. The minimum absolute atomic E-state index is 0.0910. The first-order valence-electron chi connectivity index (χ1n) is 6.64. The normalized spacial score (nSPS) is 10.7. The standard InChI is InChI=1S/C14H22BrN3O/c1-3-9-18(4-2)10-8-17-14(19)11-6-5-7-12(16)13(11)15/h5-7H,3-4,8-10,16H2,1-2H3,(H,17,19). The van der Waals surface area contributed by atoms with E-state index in [1.807, 2.05) is 0 Å². The van der Waals surface area contributed by atoms with E-state index in [2.05, 4.69) is 40.0 Å². The summed E-state index contributed by atoms with van der Waals surface area (Å²) in [7, 11) is 0. The molecular formula is C14H22BrN3O. The molecule has 19 heavy (non-hydrogen) atoms. The molecule has 0 aliphatic heterocycles. The molecule has 0 fully saturated rings. The second-order valence-corrected chi connectivity index (χ2v) is 5.19. The molecule has 0 aromatic heterocycles. The van der Waals surface area contributed by atoms with Crippen molar-refractivity contribution in [2.75, 3.05) is 31.9 Å². The van der Waals surface area contributed by atoms with Gasteiger partial charge in [-0.15, -0.1) is 0 Å². The van der Waals surface area contributed by atoms with Crippen LogP contribution in [0.3, 0.4) is 0 Å². The Bertz CT molecular complexity index is 423. The van der Waals surface area contributed by atoms with E-state index < -0.39 is 0 Å². The number of benzene rings is 1. The molecule has 0 atom stereocenters. The van der Waals surface area contributed by atoms with Crippen LogP contribution in [0.1, 0.15) is 30.6 Å². The number of nitrogen functional groups attached to an aromatic ring is 1. The number of carbonyl (C=O) groups is 1. The average Bonchev–Trinajstić information content (AvgIpc) is 2.40. The van der Waals surface area contributed by atoms with Crippen LogP contribution in [0.4, 0.5) is 5.69 Å². The van der Waals surface area contributed by atoms with Gasteiger partial charge >= 0.3 is 0 Å². The van der Waals surface area contributed by atoms with Crippen LogP contribution in [0.15, 0.2) is 22.7 Å². The molecule has 0 aliphatic carbocycles. The number of likely N-dealkylation sites (N-methyl/N-ethyl adjacent to an activating group) is 1. The molecule has 1 aromatic rings. The zero-order valence-corrected chi connectivity index (χ0v) is 13.2. The van der Waals surface area contributed by atoms with Crippen molar-refractivity contribution in [1.82, 2.24) is 10.2 Å². The fourth-order valence-corrected chi connectivity index (χ4v) is 2.34. The van der Waals surface area contributed by atoms with Crippen LogP contribution in [0.25, 0.3) is 0 Å². The van der Waals surface area contributed by atoms with E-state index >= 15 is 0 Å². The quantitative estimate of drug-likeness (QED) is 0.756. The van der Waals surface area contributed by atoms with E-state index in [1.54, 1.807) is 18.2 Å². The fourth-order valence-electron chi connectivity index (χ4n) is 1.89. The molecule has 0 radical (unpaired) electrons. The lowest BCUT2D eigenvalue weighted by atomic mass is 10.2. The molecule has 0 heterocycles. The Morgan fingerprint density at radius 2 is 2.11 bits per heavy atom. The lowest BCUT2D eigenvalue weighted by Crippen LogP contribution is -2.35. The first-order valence-corrected chi connectivity index (χ1v) is 7.44. The van der Waals surface area contributed by atoms with Gasteiger partial charge in [-0.2, -0.15) is 0 Å². The van der Waals surface area contributed by atoms with E-state index in [0.29, 0.717) is 22.3 Å². The van der Waals surface area contributed by atoms with Crippen LogP contribution in [0, 0.1) is 0 Å². The Labute approximate surface area is 123 Å². The zero-order valence-electron chi connectivity index (χ0n) is 11.6. The predicted octanol–water partition coefficient (Wildman–Crippen LogP) is 2.49. The van der Waals surface area contributed by atoms with Gasteiger partial charge in [-0.05, 0) is 47.6 Å². The van der Waals surface area contributed by atoms with Crippen molar-refractivity contribution in [2.24, 2.45) is 0 Å². The maximum atomic E-state index is 12.0. The molecule has 0 aliphatic rings. The van der Waals surface area contributed by atoms with Crippen molar-refractivity contribution < 1.29 is 4.79 Å². The lowest BCUT2D eigenvalue weighted by Gasteiger charge is -2.19. The number of halogens is 1. The first kappa shape index (κ1) is 16.0. The SMILES string of the molecule is CCCN(CC)CCNC(=O)c1cccc(N)c1Br. The van der Waals surface area contributed by atoms with Crippen molar-refractivity contribution in [3.63, 3.8) is 0 Å². The number of nitrogens with two attached hydrogens (primary N) is 1. The summed E-state index contributed by atoms with van der Waals surface area (Å²) in [5, 5.41) is 2.92. The van der Waals surface area contributed by atoms with Crippen LogP contribution < -0.4 is 11.1 Å². The van der Waals surface area contributed by atoms with Gasteiger partial charge < -0.3 is 16.0 Å². The van der Waals surface area contributed by atoms with E-state index in [4.69, 9.17) is 5.73 Å². The second kappa shape index (κ2) is 8.17. The maximum Gasteiger partial charge on any atom is 0.252 e. The van der Waals surface area contributed by atoms with Gasteiger partial charge in [-0.1, -0.05) is 19.9 Å². The van der Waals surface area contributed by atoms with Crippen LogP contribution in [0.2, 0.25) is 0 Å². The van der Waals surface area contributed by atoms with E-state index in [9.17, 15) is 4.79 Å². The number of nitrogens with one attached hydrogen (secondary N) is 1. The third-order valence-electron chi connectivity index (χ3n) is 2.97. The minimum Gasteiger partial charge on any atom is -0.398 e. The molecule has 0 saturated carbocycles. The average molecular weight is 328 g/mol. The highest BCUT2D eigenvalue weighted by atomic mass is 79.9. The van der Waals surface area contributed by atoms with Gasteiger partial charge in [0.25, 0.3) is 5.91 Å². The van der Waals surface area contributed by atoms with Crippen molar-refractivity contribution in [1.29, 1.82) is 0 Å². The highest BCUT2D eigenvalue weighted by Crippen LogP contribution is 2.23. The molecule has 0 saturated heterocycles. The molecule has 5 heteroatoms. The molecule has 1 rings (SSSR count). The number of rotatable bonds is 7. The molecule has 3 N–H and O–H groups in total. The summed E-state index contributed by atoms with van der Waals surface area (Å²) >= 11 is 3.34. The van der Waals surface area contributed by atoms with Crippen molar-refractivity contribution in [2.45, 2.75) is 20.3 Å². The summed E-state index contributed by atoms with van der Waals surface area (Å²) in [5.74, 6) is -0.0910. The van der Waals surface area contributed by atoms with Gasteiger partial charge in [0.05, 0.1) is 10.0 Å². The Balaban J connectivity index is 2.49. The number of anilines is 1. The minimum atomic E-state index is -0.0910. The van der Waals surface area contributed by atoms with Crippen LogP contribution in [-0.4, -0.2) is 37.0 Å². The first-order chi connectivity index (χ1) is 9.10. The summed E-state index contributed by atoms with van der Waals surface area (Å²) in [5.41, 5.74) is 6.92. The molecule has 1 amide bonds. The Kier molecular flexibility index (Phi) is 6.87. The lowest BCUT2D eigenvalue weighted by molar-refractivity contribution is 0.0948. The number of hydrogen-bond donors (Lipinski definition) is 2. The van der Waals surface area contributed by atoms with Gasteiger partial charge in [0.15, 0.2) is 0 Å². The second-order valence-electron chi connectivity index (χ2n) is 4.40. The van der Waals surface area contributed by atoms with Gasteiger partial charge in [-0.25, -0.2) is 0 Å². The summed E-state index contributed by atoms with van der Waals surface area (Å²) in [6.45, 7) is 7.88. The predicted molar refractivity (Wildman–Crippen MR) is 83.3 cm³/mol. The van der Waals surface area contributed by atoms with Crippen LogP contribution in [-0.2, 0) is 0 Å². The Morgan fingerprint density at radius 1 is 1.37 bits per heavy atom. The molecular weight excluding hydrogens is 306 g/mol. The third kappa shape index (κ3) is 4.84. The Morgan fingerprint density at radius 3 is 2.74 bits per heavy atom. The fraction of sp³-hybridized carbons (Fsp3) is 0.500. The zero-order chi connectivity index (χ0) is 14.3. The topological polar surface area (TPSA) is 58.4 Å². The van der Waals surface area contributed by atoms with E-state index in [0.717, 1.165) is 26.1 Å². The smallest absolute Gasteiger partial charge is 0.252 e. The van der Waals surface area contributed by atoms with Gasteiger partial charge in [0.2, 0.25) is 0 Å². The maximum absolute atomic E-state index is 12.0. The van der Waals surface area contributed by atoms with Crippen molar-refractivity contribution in [3.8, 4) is 0 Å². The van der Waals surface area contributed by atoms with E-state index in [1.165, 1.54) is 0 Å². The molecule has 106 valence electrons. The Hall–Kier alpha value is -1.07. The molecule has 0 bridgehead atoms. The summed E-state index contributed by atoms with van der Waals surface area (Å²) in [6.07, 6.45) is 1.13. The van der Waals surface area contributed by atoms with E-state index in [-0.39, 0.29) is 5.91 Å². The number of carbonyl (C=O) groups excluding carboxylic acids is 1. The molecule has 1 aromatic carbocycles. The van der Waals surface area contributed by atoms with Gasteiger partial charge in [0.1, 0.15) is 0 Å². The van der Waals surface area contributed by atoms with Crippen molar-refractivity contribution in [3.05, 3.63) is 28.2 Å². The monoisotopic (exact) mass is 327 g/mol. The van der Waals surface area contributed by atoms with Gasteiger partial charge in [-0.3, -0.25) is 4.79 Å². The summed E-state index contributed by atoms with van der Waals surface area (Å²) in [4.78, 5) is 14.3. The largest absolute Gasteiger partial charge is 0.398 e. The summed E-state index contributed by atoms with van der Waals surface area (Å²) < 4.78 is 0.661. The highest BCUT2D eigenvalue weighted by molar-refractivity contribution is 9.10. The number of nitrogens with zero attached hydrogens (tertiary/aromatic N) is 1.